The largest absolute Gasteiger partial charge is 0.496 e. The molecule has 1 aliphatic carbocycles. The molecule has 1 saturated heterocycles. The highest BCUT2D eigenvalue weighted by Gasteiger charge is 2.40. The number of carbonyl (C=O) groups is 1. The Morgan fingerprint density at radius 1 is 1.06 bits per heavy atom. The normalized spacial score (nSPS) is 21.9. The van der Waals surface area contributed by atoms with E-state index in [0.717, 1.165) is 43.7 Å². The molecule has 2 aliphatic rings. The Labute approximate surface area is 193 Å². The van der Waals surface area contributed by atoms with Gasteiger partial charge in [0.15, 0.2) is 0 Å². The first kappa shape index (κ1) is 23.6. The Hall–Kier alpha value is -2.54. The number of halogens is 3. The van der Waals surface area contributed by atoms with Crippen LogP contribution in [0.3, 0.4) is 0 Å². The van der Waals surface area contributed by atoms with Crippen molar-refractivity contribution < 1.29 is 22.7 Å². The van der Waals surface area contributed by atoms with Gasteiger partial charge in [0, 0.05) is 25.0 Å². The Morgan fingerprint density at radius 2 is 1.79 bits per heavy atom. The van der Waals surface area contributed by atoms with E-state index in [9.17, 15) is 18.0 Å². The molecule has 7 heteroatoms. The number of hydrogen-bond acceptors (Lipinski definition) is 3. The standard InChI is InChI=1S/C26H31F3N2O2/c1-33-23-13-12-18(16-21(23)26(27,28)29)17-30-22-14-15-31(24(22)19-8-4-2-5-9-19)25(32)20-10-6-3-7-11-20/h2,4-5,8-9,12-13,16,20,22,24,30H,3,6-7,10-11,14-15,17H2,1H3. The predicted octanol–water partition coefficient (Wildman–Crippen LogP) is 5.73. The molecule has 0 bridgehead atoms. The molecule has 33 heavy (non-hydrogen) atoms. The van der Waals surface area contributed by atoms with E-state index in [1.807, 2.05) is 35.2 Å². The quantitative estimate of drug-likeness (QED) is 0.599. The lowest BCUT2D eigenvalue weighted by molar-refractivity contribution is -0.139. The van der Waals surface area contributed by atoms with Crippen molar-refractivity contribution in [2.75, 3.05) is 13.7 Å². The van der Waals surface area contributed by atoms with Crippen molar-refractivity contribution in [3.8, 4) is 5.75 Å². The van der Waals surface area contributed by atoms with E-state index in [2.05, 4.69) is 5.32 Å². The van der Waals surface area contributed by atoms with Gasteiger partial charge in [-0.3, -0.25) is 4.79 Å². The fraction of sp³-hybridized carbons (Fsp3) is 0.500. The highest BCUT2D eigenvalue weighted by molar-refractivity contribution is 5.80. The van der Waals surface area contributed by atoms with Gasteiger partial charge in [0.2, 0.25) is 5.91 Å². The summed E-state index contributed by atoms with van der Waals surface area (Å²) in [5.41, 5.74) is 0.818. The molecule has 178 valence electrons. The molecule has 2 unspecified atom stereocenters. The van der Waals surface area contributed by atoms with E-state index >= 15 is 0 Å². The minimum Gasteiger partial charge on any atom is -0.496 e. The molecule has 2 aromatic rings. The summed E-state index contributed by atoms with van der Waals surface area (Å²) >= 11 is 0. The van der Waals surface area contributed by atoms with E-state index in [1.165, 1.54) is 19.6 Å². The Bertz CT molecular complexity index is 942. The number of hydrogen-bond donors (Lipinski definition) is 1. The fourth-order valence-corrected chi connectivity index (χ4v) is 5.24. The van der Waals surface area contributed by atoms with Gasteiger partial charge in [0.05, 0.1) is 18.7 Å². The van der Waals surface area contributed by atoms with Gasteiger partial charge in [-0.25, -0.2) is 0 Å². The van der Waals surface area contributed by atoms with Gasteiger partial charge in [-0.15, -0.1) is 0 Å². The topological polar surface area (TPSA) is 41.6 Å². The van der Waals surface area contributed by atoms with Crippen LogP contribution in [-0.4, -0.2) is 30.5 Å². The second-order valence-electron chi connectivity index (χ2n) is 9.03. The summed E-state index contributed by atoms with van der Waals surface area (Å²) in [5.74, 6) is 0.120. The third-order valence-electron chi connectivity index (χ3n) is 6.91. The smallest absolute Gasteiger partial charge is 0.419 e. The van der Waals surface area contributed by atoms with Crippen molar-refractivity contribution in [1.29, 1.82) is 0 Å². The SMILES string of the molecule is COc1ccc(CNC2CCN(C(=O)C3CCCCC3)C2c2ccccc2)cc1C(F)(F)F. The van der Waals surface area contributed by atoms with Crippen LogP contribution in [0.25, 0.3) is 0 Å². The summed E-state index contributed by atoms with van der Waals surface area (Å²) in [6.45, 7) is 0.940. The van der Waals surface area contributed by atoms with Gasteiger partial charge in [-0.05, 0) is 42.5 Å². The number of nitrogens with zero attached hydrogens (tertiary/aromatic N) is 1. The monoisotopic (exact) mass is 460 g/mol. The lowest BCUT2D eigenvalue weighted by atomic mass is 9.87. The zero-order valence-corrected chi connectivity index (χ0v) is 18.9. The zero-order valence-electron chi connectivity index (χ0n) is 18.9. The number of carbonyl (C=O) groups excluding carboxylic acids is 1. The van der Waals surface area contributed by atoms with Crippen LogP contribution in [0.5, 0.6) is 5.75 Å². The van der Waals surface area contributed by atoms with Crippen LogP contribution < -0.4 is 10.1 Å². The third-order valence-corrected chi connectivity index (χ3v) is 6.91. The van der Waals surface area contributed by atoms with Crippen LogP contribution in [0.1, 0.15) is 61.3 Å². The minimum atomic E-state index is -4.48. The van der Waals surface area contributed by atoms with Crippen molar-refractivity contribution in [2.45, 2.75) is 63.3 Å². The average Bonchev–Trinajstić information content (AvgIpc) is 3.26. The maximum Gasteiger partial charge on any atom is 0.419 e. The average molecular weight is 461 g/mol. The van der Waals surface area contributed by atoms with Crippen LogP contribution >= 0.6 is 0 Å². The zero-order chi connectivity index (χ0) is 23.4. The van der Waals surface area contributed by atoms with Crippen LogP contribution in [0.4, 0.5) is 13.2 Å². The minimum absolute atomic E-state index is 0.0311. The lowest BCUT2D eigenvalue weighted by Crippen LogP contribution is -2.41. The van der Waals surface area contributed by atoms with Gasteiger partial charge in [-0.2, -0.15) is 13.2 Å². The molecule has 2 fully saturated rings. The first-order valence-electron chi connectivity index (χ1n) is 11.7. The van der Waals surface area contributed by atoms with Crippen LogP contribution in [0.15, 0.2) is 48.5 Å². The summed E-state index contributed by atoms with van der Waals surface area (Å²) < 4.78 is 45.1. The van der Waals surface area contributed by atoms with Gasteiger partial charge in [-0.1, -0.05) is 55.7 Å². The van der Waals surface area contributed by atoms with Crippen LogP contribution in [0.2, 0.25) is 0 Å². The highest BCUT2D eigenvalue weighted by Crippen LogP contribution is 2.38. The number of likely N-dealkylation sites (tertiary alicyclic amines) is 1. The first-order valence-corrected chi connectivity index (χ1v) is 11.7. The van der Waals surface area contributed by atoms with Gasteiger partial charge in [0.1, 0.15) is 5.75 Å². The Morgan fingerprint density at radius 3 is 2.45 bits per heavy atom. The summed E-state index contributed by atoms with van der Waals surface area (Å²) in [5, 5.41) is 3.45. The molecular formula is C26H31F3N2O2. The fourth-order valence-electron chi connectivity index (χ4n) is 5.24. The van der Waals surface area contributed by atoms with E-state index in [1.54, 1.807) is 6.07 Å². The summed E-state index contributed by atoms with van der Waals surface area (Å²) in [6.07, 6.45) is 1.56. The first-order chi connectivity index (χ1) is 15.9. The molecule has 0 spiro atoms. The summed E-state index contributed by atoms with van der Waals surface area (Å²) in [4.78, 5) is 15.4. The predicted molar refractivity (Wildman–Crippen MR) is 121 cm³/mol. The van der Waals surface area contributed by atoms with Crippen LogP contribution in [-0.2, 0) is 17.5 Å². The van der Waals surface area contributed by atoms with Gasteiger partial charge >= 0.3 is 6.18 Å². The second kappa shape index (κ2) is 10.2. The third kappa shape index (κ3) is 5.35. The molecule has 1 saturated carbocycles. The van der Waals surface area contributed by atoms with Crippen molar-refractivity contribution in [3.63, 3.8) is 0 Å². The Balaban J connectivity index is 1.52. The van der Waals surface area contributed by atoms with Crippen molar-refractivity contribution in [2.24, 2.45) is 5.92 Å². The van der Waals surface area contributed by atoms with E-state index in [4.69, 9.17) is 4.74 Å². The summed E-state index contributed by atoms with van der Waals surface area (Å²) in [7, 11) is 1.24. The summed E-state index contributed by atoms with van der Waals surface area (Å²) in [6, 6.07) is 13.9. The Kier molecular flexibility index (Phi) is 7.27. The van der Waals surface area contributed by atoms with Crippen molar-refractivity contribution in [1.82, 2.24) is 10.2 Å². The number of nitrogens with one attached hydrogen (secondary N) is 1. The van der Waals surface area contributed by atoms with E-state index in [0.29, 0.717) is 12.1 Å². The van der Waals surface area contributed by atoms with Crippen molar-refractivity contribution in [3.05, 3.63) is 65.2 Å². The van der Waals surface area contributed by atoms with E-state index in [-0.39, 0.29) is 36.2 Å². The second-order valence-corrected chi connectivity index (χ2v) is 9.03. The highest BCUT2D eigenvalue weighted by atomic mass is 19.4. The number of ether oxygens (including phenoxy) is 1. The van der Waals surface area contributed by atoms with E-state index < -0.39 is 11.7 Å². The molecule has 2 aromatic carbocycles. The number of benzene rings is 2. The maximum absolute atomic E-state index is 13.4. The molecule has 1 aliphatic heterocycles. The molecule has 1 heterocycles. The molecule has 4 rings (SSSR count). The maximum atomic E-state index is 13.4. The molecule has 2 atom stereocenters. The number of alkyl halides is 3. The van der Waals surface area contributed by atoms with Crippen LogP contribution in [0, 0.1) is 5.92 Å². The number of methoxy groups -OCH3 is 1. The number of amides is 1. The molecule has 4 nitrogen and oxygen atoms in total. The lowest BCUT2D eigenvalue weighted by Gasteiger charge is -2.33. The molecule has 1 N–H and O–H groups in total. The molecule has 0 radical (unpaired) electrons. The van der Waals surface area contributed by atoms with Gasteiger partial charge in [0.25, 0.3) is 0 Å². The molecule has 1 amide bonds. The molecular weight excluding hydrogens is 429 g/mol. The van der Waals surface area contributed by atoms with Gasteiger partial charge < -0.3 is 15.0 Å². The van der Waals surface area contributed by atoms with Crippen molar-refractivity contribution >= 4 is 5.91 Å². The molecule has 0 aromatic heterocycles. The number of rotatable bonds is 6.